The third-order valence-electron chi connectivity index (χ3n) is 2.46. The number of carbonyl (C=O) groups is 1. The molecule has 4 nitrogen and oxygen atoms in total. The number of ether oxygens (including phenoxy) is 1. The second kappa shape index (κ2) is 5.66. The van der Waals surface area contributed by atoms with Crippen molar-refractivity contribution in [2.75, 3.05) is 6.61 Å². The standard InChI is InChI=1S/C13H19NO3/c1-8(2)5-6-17-11-7-9(3)14-10(4)12(11)13(15)16/h7-8H,5-6H2,1-4H3,(H,15,16). The van der Waals surface area contributed by atoms with Gasteiger partial charge in [0.05, 0.1) is 12.3 Å². The van der Waals surface area contributed by atoms with Crippen LogP contribution in [-0.4, -0.2) is 22.7 Å². The molecule has 17 heavy (non-hydrogen) atoms. The van der Waals surface area contributed by atoms with Gasteiger partial charge in [-0.1, -0.05) is 13.8 Å². The number of nitrogens with zero attached hydrogens (tertiary/aromatic N) is 1. The molecule has 1 aromatic rings. The third kappa shape index (κ3) is 3.73. The first kappa shape index (κ1) is 13.5. The minimum absolute atomic E-state index is 0.166. The zero-order valence-electron chi connectivity index (χ0n) is 10.8. The van der Waals surface area contributed by atoms with Crippen LogP contribution in [0.25, 0.3) is 0 Å². The van der Waals surface area contributed by atoms with E-state index in [4.69, 9.17) is 9.84 Å². The van der Waals surface area contributed by atoms with E-state index in [1.54, 1.807) is 13.0 Å². The zero-order valence-corrected chi connectivity index (χ0v) is 10.8. The number of aromatic nitrogens is 1. The van der Waals surface area contributed by atoms with Crippen molar-refractivity contribution in [3.8, 4) is 5.75 Å². The Bertz CT molecular complexity index is 413. The number of hydrogen-bond donors (Lipinski definition) is 1. The van der Waals surface area contributed by atoms with Crippen molar-refractivity contribution in [3.05, 3.63) is 23.0 Å². The molecule has 0 atom stereocenters. The quantitative estimate of drug-likeness (QED) is 0.855. The summed E-state index contributed by atoms with van der Waals surface area (Å²) in [5.41, 5.74) is 1.43. The van der Waals surface area contributed by atoms with Gasteiger partial charge >= 0.3 is 5.97 Å². The minimum atomic E-state index is -0.991. The Labute approximate surface area is 102 Å². The number of carboxylic acid groups (broad SMARTS) is 1. The fourth-order valence-electron chi connectivity index (χ4n) is 1.57. The van der Waals surface area contributed by atoms with Crippen molar-refractivity contribution in [1.82, 2.24) is 4.98 Å². The molecule has 0 unspecified atom stereocenters. The number of hydrogen-bond acceptors (Lipinski definition) is 3. The Morgan fingerprint density at radius 1 is 1.47 bits per heavy atom. The average molecular weight is 237 g/mol. The normalized spacial score (nSPS) is 10.6. The van der Waals surface area contributed by atoms with Gasteiger partial charge in [-0.2, -0.15) is 0 Å². The van der Waals surface area contributed by atoms with Crippen molar-refractivity contribution < 1.29 is 14.6 Å². The van der Waals surface area contributed by atoms with E-state index in [2.05, 4.69) is 18.8 Å². The first-order valence-electron chi connectivity index (χ1n) is 5.76. The van der Waals surface area contributed by atoms with Crippen LogP contribution in [0.1, 0.15) is 42.0 Å². The average Bonchev–Trinajstić information content (AvgIpc) is 2.14. The maximum Gasteiger partial charge on any atom is 0.341 e. The van der Waals surface area contributed by atoms with Gasteiger partial charge in [-0.25, -0.2) is 4.79 Å². The van der Waals surface area contributed by atoms with Gasteiger partial charge in [0.15, 0.2) is 0 Å². The molecule has 94 valence electrons. The Hall–Kier alpha value is -1.58. The highest BCUT2D eigenvalue weighted by atomic mass is 16.5. The predicted octanol–water partition coefficient (Wildman–Crippen LogP) is 2.82. The molecule has 0 bridgehead atoms. The lowest BCUT2D eigenvalue weighted by atomic mass is 10.1. The molecule has 0 aliphatic heterocycles. The molecule has 1 rings (SSSR count). The van der Waals surface area contributed by atoms with E-state index in [9.17, 15) is 4.79 Å². The van der Waals surface area contributed by atoms with E-state index < -0.39 is 5.97 Å². The molecule has 1 aromatic heterocycles. The van der Waals surface area contributed by atoms with Gasteiger partial charge in [-0.15, -0.1) is 0 Å². The largest absolute Gasteiger partial charge is 0.493 e. The minimum Gasteiger partial charge on any atom is -0.493 e. The monoisotopic (exact) mass is 237 g/mol. The SMILES string of the molecule is Cc1cc(OCCC(C)C)c(C(=O)O)c(C)n1. The van der Waals surface area contributed by atoms with Crippen LogP contribution in [0.5, 0.6) is 5.75 Å². The molecule has 0 aliphatic rings. The fraction of sp³-hybridized carbons (Fsp3) is 0.538. The summed E-state index contributed by atoms with van der Waals surface area (Å²) >= 11 is 0. The second-order valence-electron chi connectivity index (χ2n) is 4.56. The molecular weight excluding hydrogens is 218 g/mol. The Morgan fingerprint density at radius 3 is 2.65 bits per heavy atom. The molecule has 1 heterocycles. The van der Waals surface area contributed by atoms with Crippen molar-refractivity contribution in [3.63, 3.8) is 0 Å². The molecule has 1 N–H and O–H groups in total. The van der Waals surface area contributed by atoms with Gasteiger partial charge in [0.2, 0.25) is 0 Å². The van der Waals surface area contributed by atoms with Crippen LogP contribution in [0, 0.1) is 19.8 Å². The van der Waals surface area contributed by atoms with Crippen LogP contribution in [0.15, 0.2) is 6.07 Å². The second-order valence-corrected chi connectivity index (χ2v) is 4.56. The topological polar surface area (TPSA) is 59.4 Å². The molecule has 0 amide bonds. The van der Waals surface area contributed by atoms with Gasteiger partial charge < -0.3 is 9.84 Å². The van der Waals surface area contributed by atoms with Crippen molar-refractivity contribution in [2.24, 2.45) is 5.92 Å². The lowest BCUT2D eigenvalue weighted by Crippen LogP contribution is -2.09. The summed E-state index contributed by atoms with van der Waals surface area (Å²) in [5.74, 6) is -0.0370. The Morgan fingerprint density at radius 2 is 2.12 bits per heavy atom. The molecule has 0 saturated carbocycles. The van der Waals surface area contributed by atoms with Gasteiger partial charge in [0.1, 0.15) is 11.3 Å². The van der Waals surface area contributed by atoms with Crippen LogP contribution < -0.4 is 4.74 Å². The van der Waals surface area contributed by atoms with Crippen molar-refractivity contribution in [1.29, 1.82) is 0 Å². The molecule has 0 radical (unpaired) electrons. The number of carboxylic acids is 1. The predicted molar refractivity (Wildman–Crippen MR) is 65.6 cm³/mol. The lowest BCUT2D eigenvalue weighted by molar-refractivity contribution is 0.0690. The maximum atomic E-state index is 11.1. The van der Waals surface area contributed by atoms with Crippen LogP contribution >= 0.6 is 0 Å². The number of aryl methyl sites for hydroxylation is 2. The van der Waals surface area contributed by atoms with Crippen LogP contribution in [0.2, 0.25) is 0 Å². The summed E-state index contributed by atoms with van der Waals surface area (Å²) in [7, 11) is 0. The smallest absolute Gasteiger partial charge is 0.341 e. The third-order valence-corrected chi connectivity index (χ3v) is 2.46. The van der Waals surface area contributed by atoms with Crippen LogP contribution in [-0.2, 0) is 0 Å². The van der Waals surface area contributed by atoms with Crippen molar-refractivity contribution >= 4 is 5.97 Å². The van der Waals surface area contributed by atoms with Gasteiger partial charge in [0.25, 0.3) is 0 Å². The highest BCUT2D eigenvalue weighted by Gasteiger charge is 2.16. The van der Waals surface area contributed by atoms with E-state index in [0.29, 0.717) is 24.0 Å². The van der Waals surface area contributed by atoms with E-state index in [0.717, 1.165) is 12.1 Å². The van der Waals surface area contributed by atoms with E-state index in [1.165, 1.54) is 0 Å². The summed E-state index contributed by atoms with van der Waals surface area (Å²) in [6, 6.07) is 1.68. The van der Waals surface area contributed by atoms with Crippen molar-refractivity contribution in [2.45, 2.75) is 34.1 Å². The lowest BCUT2D eigenvalue weighted by Gasteiger charge is -2.12. The highest BCUT2D eigenvalue weighted by molar-refractivity contribution is 5.92. The first-order valence-corrected chi connectivity index (χ1v) is 5.76. The molecule has 0 spiro atoms. The molecule has 4 heteroatoms. The number of rotatable bonds is 5. The highest BCUT2D eigenvalue weighted by Crippen LogP contribution is 2.22. The molecule has 0 aromatic carbocycles. The summed E-state index contributed by atoms with van der Waals surface area (Å²) in [4.78, 5) is 15.3. The van der Waals surface area contributed by atoms with Crippen LogP contribution in [0.3, 0.4) is 0 Å². The zero-order chi connectivity index (χ0) is 13.0. The van der Waals surface area contributed by atoms with Gasteiger partial charge in [0, 0.05) is 11.8 Å². The number of pyridine rings is 1. The Kier molecular flexibility index (Phi) is 4.49. The Balaban J connectivity index is 2.92. The molecule has 0 aliphatic carbocycles. The molecule has 0 saturated heterocycles. The van der Waals surface area contributed by atoms with Crippen LogP contribution in [0.4, 0.5) is 0 Å². The summed E-state index contributed by atoms with van der Waals surface area (Å²) in [6.07, 6.45) is 0.902. The number of aromatic carboxylic acids is 1. The maximum absolute atomic E-state index is 11.1. The van der Waals surface area contributed by atoms with E-state index >= 15 is 0 Å². The van der Waals surface area contributed by atoms with Gasteiger partial charge in [-0.05, 0) is 26.2 Å². The first-order chi connectivity index (χ1) is 7.91. The van der Waals surface area contributed by atoms with E-state index in [-0.39, 0.29) is 5.56 Å². The van der Waals surface area contributed by atoms with E-state index in [1.807, 2.05) is 6.92 Å². The van der Waals surface area contributed by atoms with Gasteiger partial charge in [-0.3, -0.25) is 4.98 Å². The summed E-state index contributed by atoms with van der Waals surface area (Å²) < 4.78 is 5.55. The molecule has 0 fully saturated rings. The summed E-state index contributed by atoms with van der Waals surface area (Å²) in [6.45, 7) is 8.25. The fourth-order valence-corrected chi connectivity index (χ4v) is 1.57. The molecular formula is C13H19NO3. The summed E-state index contributed by atoms with van der Waals surface area (Å²) in [5, 5.41) is 9.13.